The summed E-state index contributed by atoms with van der Waals surface area (Å²) in [7, 11) is -4.53. The van der Waals surface area contributed by atoms with Gasteiger partial charge in [-0.3, -0.25) is 13.8 Å². The highest BCUT2D eigenvalue weighted by molar-refractivity contribution is 7.47. The number of hydrogen-bond acceptors (Lipinski definition) is 8. The molecule has 336 valence electrons. The third-order valence-corrected chi connectivity index (χ3v) is 10.3. The monoisotopic (exact) mass is 837 g/mol. The molecule has 0 aromatic heterocycles. The first-order valence-electron chi connectivity index (χ1n) is 22.9. The maximum Gasteiger partial charge on any atom is 0.472 e. The van der Waals surface area contributed by atoms with Gasteiger partial charge in [0.15, 0.2) is 0 Å². The molecule has 0 saturated heterocycles. The van der Waals surface area contributed by atoms with Gasteiger partial charge >= 0.3 is 13.8 Å². The molecule has 3 N–H and O–H groups in total. The summed E-state index contributed by atoms with van der Waals surface area (Å²) in [6, 6.07) is 0. The van der Waals surface area contributed by atoms with Gasteiger partial charge in [-0.05, 0) is 83.5 Å². The molecule has 0 saturated carbocycles. The highest BCUT2D eigenvalue weighted by Gasteiger charge is 2.26. The van der Waals surface area contributed by atoms with Crippen LogP contribution in [0.1, 0.15) is 181 Å². The number of carbonyl (C=O) groups excluding carboxylic acids is 1. The number of aliphatic hydroxyl groups excluding tert-OH is 2. The summed E-state index contributed by atoms with van der Waals surface area (Å²) in [4.78, 5) is 22.6. The molecule has 0 fully saturated rings. The number of unbranched alkanes of at least 4 members (excludes halogenated alkanes) is 17. The van der Waals surface area contributed by atoms with E-state index < -0.39 is 45.8 Å². The van der Waals surface area contributed by atoms with Crippen molar-refractivity contribution in [2.75, 3.05) is 33.0 Å². The second kappa shape index (κ2) is 44.5. The van der Waals surface area contributed by atoms with Gasteiger partial charge in [0.05, 0.1) is 26.4 Å². The number of phosphoric ester groups is 1. The maximum absolute atomic E-state index is 12.6. The van der Waals surface area contributed by atoms with E-state index in [0.717, 1.165) is 96.3 Å². The summed E-state index contributed by atoms with van der Waals surface area (Å²) < 4.78 is 33.4. The van der Waals surface area contributed by atoms with E-state index >= 15 is 0 Å². The Balaban J connectivity index is 4.20. The standard InChI is InChI=1S/C48H85O9P/c1-3-5-7-9-11-13-15-17-19-21-22-23-24-25-26-28-30-32-34-36-38-40-48(51)57-47(45-56-58(52,53)55-43-46(50)42-49)44-54-41-39-37-35-33-31-29-27-20-18-16-14-12-10-8-6-4-2/h6,8,12,14-15,17-18,20-22,24-25,46-47,49-50H,3-5,7,9-11,13,16,19,23,26-45H2,1-2H3,(H,52,53)/b8-6-,14-12-,17-15-,20-18-,22-21-,25-24-. The van der Waals surface area contributed by atoms with Crippen LogP contribution < -0.4 is 0 Å². The van der Waals surface area contributed by atoms with Crippen molar-refractivity contribution in [2.45, 2.75) is 193 Å². The van der Waals surface area contributed by atoms with Crippen LogP contribution in [0.5, 0.6) is 0 Å². The minimum absolute atomic E-state index is 0.0311. The molecule has 0 aliphatic heterocycles. The number of rotatable bonds is 43. The van der Waals surface area contributed by atoms with Crippen LogP contribution in [0, 0.1) is 0 Å². The van der Waals surface area contributed by atoms with E-state index in [1.165, 1.54) is 57.8 Å². The Hall–Kier alpha value is -2.10. The summed E-state index contributed by atoms with van der Waals surface area (Å²) in [5.74, 6) is -0.402. The first-order chi connectivity index (χ1) is 28.3. The highest BCUT2D eigenvalue weighted by Crippen LogP contribution is 2.43. The van der Waals surface area contributed by atoms with Gasteiger partial charge in [0.25, 0.3) is 0 Å². The molecule has 0 aromatic rings. The predicted octanol–water partition coefficient (Wildman–Crippen LogP) is 12.9. The van der Waals surface area contributed by atoms with Crippen LogP contribution in [0.15, 0.2) is 72.9 Å². The first kappa shape index (κ1) is 55.9. The minimum atomic E-state index is -4.53. The number of carbonyl (C=O) groups is 1. The van der Waals surface area contributed by atoms with Crippen molar-refractivity contribution in [3.8, 4) is 0 Å². The summed E-state index contributed by atoms with van der Waals surface area (Å²) in [6.07, 6.45) is 52.9. The lowest BCUT2D eigenvalue weighted by Gasteiger charge is -2.20. The van der Waals surface area contributed by atoms with E-state index in [9.17, 15) is 19.4 Å². The molecule has 58 heavy (non-hydrogen) atoms. The molecule has 0 aromatic carbocycles. The zero-order valence-electron chi connectivity index (χ0n) is 36.7. The van der Waals surface area contributed by atoms with Gasteiger partial charge in [-0.25, -0.2) is 4.57 Å². The molecule has 0 radical (unpaired) electrons. The molecule has 3 atom stereocenters. The van der Waals surface area contributed by atoms with E-state index in [4.69, 9.17) is 23.6 Å². The normalized spacial score (nSPS) is 14.6. The van der Waals surface area contributed by atoms with Gasteiger partial charge in [-0.15, -0.1) is 0 Å². The van der Waals surface area contributed by atoms with Gasteiger partial charge in [-0.2, -0.15) is 0 Å². The summed E-state index contributed by atoms with van der Waals surface area (Å²) in [5, 5.41) is 18.4. The van der Waals surface area contributed by atoms with Crippen molar-refractivity contribution in [3.05, 3.63) is 72.9 Å². The molecule has 9 nitrogen and oxygen atoms in total. The highest BCUT2D eigenvalue weighted by atomic mass is 31.2. The number of ether oxygens (including phenoxy) is 2. The van der Waals surface area contributed by atoms with Crippen LogP contribution in [-0.4, -0.2) is 66.3 Å². The Bertz CT molecular complexity index is 1130. The number of allylic oxidation sites excluding steroid dienone is 12. The maximum atomic E-state index is 12.6. The Morgan fingerprint density at radius 1 is 0.552 bits per heavy atom. The van der Waals surface area contributed by atoms with Gasteiger partial charge in [-0.1, -0.05) is 164 Å². The van der Waals surface area contributed by atoms with Gasteiger partial charge in [0.2, 0.25) is 0 Å². The third kappa shape index (κ3) is 43.5. The molecular weight excluding hydrogens is 751 g/mol. The smallest absolute Gasteiger partial charge is 0.457 e. The largest absolute Gasteiger partial charge is 0.472 e. The zero-order chi connectivity index (χ0) is 42.5. The summed E-state index contributed by atoms with van der Waals surface area (Å²) in [5.41, 5.74) is 0. The Labute approximate surface area is 354 Å². The zero-order valence-corrected chi connectivity index (χ0v) is 37.6. The molecule has 0 aliphatic carbocycles. The summed E-state index contributed by atoms with van der Waals surface area (Å²) in [6.45, 7) is 3.34. The Morgan fingerprint density at radius 2 is 0.983 bits per heavy atom. The van der Waals surface area contributed by atoms with E-state index in [2.05, 4.69) is 86.8 Å². The first-order valence-corrected chi connectivity index (χ1v) is 24.4. The minimum Gasteiger partial charge on any atom is -0.457 e. The molecule has 10 heteroatoms. The third-order valence-electron chi connectivity index (χ3n) is 9.38. The van der Waals surface area contributed by atoms with Crippen LogP contribution in [-0.2, 0) is 27.9 Å². The molecule has 0 bridgehead atoms. The van der Waals surface area contributed by atoms with Crippen LogP contribution in [0.25, 0.3) is 0 Å². The average molecular weight is 837 g/mol. The fraction of sp³-hybridized carbons (Fsp3) is 0.729. The topological polar surface area (TPSA) is 132 Å². The number of aliphatic hydroxyl groups is 2. The quantitative estimate of drug-likeness (QED) is 0.0238. The number of hydrogen-bond donors (Lipinski definition) is 3. The van der Waals surface area contributed by atoms with Crippen LogP contribution in [0.2, 0.25) is 0 Å². The Kier molecular flexibility index (Phi) is 42.8. The second-order valence-electron chi connectivity index (χ2n) is 15.0. The fourth-order valence-corrected chi connectivity index (χ4v) is 6.70. The van der Waals surface area contributed by atoms with E-state index in [0.29, 0.717) is 13.0 Å². The van der Waals surface area contributed by atoms with Gasteiger partial charge in [0.1, 0.15) is 12.2 Å². The van der Waals surface area contributed by atoms with Gasteiger partial charge in [0, 0.05) is 13.0 Å². The van der Waals surface area contributed by atoms with Crippen molar-refractivity contribution in [1.29, 1.82) is 0 Å². The van der Waals surface area contributed by atoms with Crippen LogP contribution in [0.4, 0.5) is 0 Å². The molecule has 0 amide bonds. The molecule has 0 rings (SSSR count). The van der Waals surface area contributed by atoms with E-state index in [1.54, 1.807) is 0 Å². The van der Waals surface area contributed by atoms with Crippen molar-refractivity contribution in [1.82, 2.24) is 0 Å². The lowest BCUT2D eigenvalue weighted by Crippen LogP contribution is -2.29. The molecular formula is C48H85O9P. The van der Waals surface area contributed by atoms with Crippen molar-refractivity contribution >= 4 is 13.8 Å². The second-order valence-corrected chi connectivity index (χ2v) is 16.5. The van der Waals surface area contributed by atoms with Crippen LogP contribution in [0.3, 0.4) is 0 Å². The Morgan fingerprint density at radius 3 is 1.48 bits per heavy atom. The lowest BCUT2D eigenvalue weighted by molar-refractivity contribution is -0.154. The lowest BCUT2D eigenvalue weighted by atomic mass is 10.1. The number of esters is 1. The molecule has 0 heterocycles. The van der Waals surface area contributed by atoms with Gasteiger partial charge < -0.3 is 24.6 Å². The fourth-order valence-electron chi connectivity index (χ4n) is 5.91. The SMILES string of the molecule is CC/C=C\C/C=C\C/C=C\CCCCCCCCOCC(COP(=O)(O)OCC(O)CO)OC(=O)CCCCCCCC/C=C\C/C=C\C/C=C\CCCCCCC. The van der Waals surface area contributed by atoms with E-state index in [1.807, 2.05) is 0 Å². The molecule has 3 unspecified atom stereocenters. The van der Waals surface area contributed by atoms with Crippen molar-refractivity contribution < 1.29 is 43.0 Å². The molecule has 0 aliphatic rings. The van der Waals surface area contributed by atoms with Crippen molar-refractivity contribution in [2.24, 2.45) is 0 Å². The van der Waals surface area contributed by atoms with Crippen molar-refractivity contribution in [3.63, 3.8) is 0 Å². The summed E-state index contributed by atoms with van der Waals surface area (Å²) >= 11 is 0. The van der Waals surface area contributed by atoms with Crippen LogP contribution >= 0.6 is 7.82 Å². The number of phosphoric acid groups is 1. The predicted molar refractivity (Wildman–Crippen MR) is 242 cm³/mol. The van der Waals surface area contributed by atoms with E-state index in [-0.39, 0.29) is 13.0 Å². The molecule has 0 spiro atoms. The average Bonchev–Trinajstić information content (AvgIpc) is 3.21.